The van der Waals surface area contributed by atoms with Crippen molar-refractivity contribution in [3.63, 3.8) is 0 Å². The Morgan fingerprint density at radius 2 is 1.96 bits per heavy atom. The SMILES string of the molecule is CC1(C)CC(=O)Nc2cc3nc(-c4ccc(C#N)cc4)[nH]c3cc21. The van der Waals surface area contributed by atoms with Gasteiger partial charge in [-0.1, -0.05) is 13.8 Å². The maximum atomic E-state index is 11.9. The minimum Gasteiger partial charge on any atom is -0.338 e. The minimum absolute atomic E-state index is 0.0368. The van der Waals surface area contributed by atoms with Crippen LogP contribution in [0.5, 0.6) is 0 Å². The fraction of sp³-hybridized carbons (Fsp3) is 0.211. The number of imidazole rings is 1. The number of nitrogens with zero attached hydrogens (tertiary/aromatic N) is 2. The number of anilines is 1. The van der Waals surface area contributed by atoms with Gasteiger partial charge < -0.3 is 10.3 Å². The van der Waals surface area contributed by atoms with Gasteiger partial charge in [0.25, 0.3) is 0 Å². The molecule has 0 aliphatic carbocycles. The van der Waals surface area contributed by atoms with Gasteiger partial charge in [0, 0.05) is 23.1 Å². The number of nitrogens with one attached hydrogen (secondary N) is 2. The van der Waals surface area contributed by atoms with Crippen molar-refractivity contribution >= 4 is 22.6 Å². The van der Waals surface area contributed by atoms with E-state index in [9.17, 15) is 4.79 Å². The van der Waals surface area contributed by atoms with Crippen LogP contribution in [-0.2, 0) is 10.2 Å². The number of amides is 1. The summed E-state index contributed by atoms with van der Waals surface area (Å²) in [5, 5.41) is 11.8. The Bertz CT molecular complexity index is 1010. The fourth-order valence-electron chi connectivity index (χ4n) is 3.25. The Balaban J connectivity index is 1.84. The number of carbonyl (C=O) groups excluding carboxylic acids is 1. The number of rotatable bonds is 1. The third-order valence-electron chi connectivity index (χ3n) is 4.51. The quantitative estimate of drug-likeness (QED) is 0.718. The first-order valence-corrected chi connectivity index (χ1v) is 7.81. The molecule has 0 saturated carbocycles. The molecule has 1 amide bonds. The van der Waals surface area contributed by atoms with E-state index in [1.807, 2.05) is 18.2 Å². The Kier molecular flexibility index (Phi) is 2.97. The Morgan fingerprint density at radius 1 is 1.21 bits per heavy atom. The van der Waals surface area contributed by atoms with Crippen molar-refractivity contribution in [2.45, 2.75) is 25.7 Å². The normalized spacial score (nSPS) is 15.6. The summed E-state index contributed by atoms with van der Waals surface area (Å²) in [6, 6.07) is 13.4. The number of hydrogen-bond acceptors (Lipinski definition) is 3. The number of fused-ring (bicyclic) bond motifs is 2. The van der Waals surface area contributed by atoms with Crippen molar-refractivity contribution in [2.75, 3.05) is 5.32 Å². The van der Waals surface area contributed by atoms with E-state index >= 15 is 0 Å². The molecule has 5 heteroatoms. The number of hydrogen-bond donors (Lipinski definition) is 2. The van der Waals surface area contributed by atoms with Gasteiger partial charge in [-0.05, 0) is 42.0 Å². The molecule has 0 fully saturated rings. The van der Waals surface area contributed by atoms with Gasteiger partial charge >= 0.3 is 0 Å². The van der Waals surface area contributed by atoms with Crippen LogP contribution in [0.3, 0.4) is 0 Å². The number of benzene rings is 2. The van der Waals surface area contributed by atoms with Gasteiger partial charge in [-0.15, -0.1) is 0 Å². The number of aromatic nitrogens is 2. The van der Waals surface area contributed by atoms with Crippen LogP contribution in [0.4, 0.5) is 5.69 Å². The largest absolute Gasteiger partial charge is 0.338 e. The molecule has 2 aromatic carbocycles. The first-order chi connectivity index (χ1) is 11.5. The third-order valence-corrected chi connectivity index (χ3v) is 4.51. The number of H-pyrrole nitrogens is 1. The molecule has 0 saturated heterocycles. The second-order valence-electron chi connectivity index (χ2n) is 6.80. The second-order valence-corrected chi connectivity index (χ2v) is 6.80. The molecular formula is C19H16N4O. The smallest absolute Gasteiger partial charge is 0.225 e. The van der Waals surface area contributed by atoms with E-state index in [0.29, 0.717) is 12.0 Å². The van der Waals surface area contributed by atoms with Crippen molar-refractivity contribution in [3.8, 4) is 17.5 Å². The number of nitriles is 1. The van der Waals surface area contributed by atoms with Crippen LogP contribution >= 0.6 is 0 Å². The summed E-state index contributed by atoms with van der Waals surface area (Å²) in [7, 11) is 0. The number of aromatic amines is 1. The topological polar surface area (TPSA) is 81.6 Å². The molecule has 118 valence electrons. The molecule has 1 aromatic heterocycles. The monoisotopic (exact) mass is 316 g/mol. The molecule has 0 bridgehead atoms. The molecule has 0 spiro atoms. The molecule has 0 atom stereocenters. The van der Waals surface area contributed by atoms with E-state index < -0.39 is 0 Å². The molecule has 1 aliphatic rings. The zero-order valence-electron chi connectivity index (χ0n) is 13.5. The molecule has 2 heterocycles. The Labute approximate surface area is 139 Å². The molecular weight excluding hydrogens is 300 g/mol. The van der Waals surface area contributed by atoms with Crippen LogP contribution in [0.15, 0.2) is 36.4 Å². The van der Waals surface area contributed by atoms with Gasteiger partial charge in [-0.3, -0.25) is 4.79 Å². The standard InChI is InChI=1S/C19H16N4O/c1-19(2)9-17(24)21-14-8-16-15(7-13(14)19)22-18(23-16)12-5-3-11(10-20)4-6-12/h3-8H,9H2,1-2H3,(H,21,24)(H,22,23). The lowest BCUT2D eigenvalue weighted by atomic mass is 9.78. The van der Waals surface area contributed by atoms with Crippen LogP contribution in [0.2, 0.25) is 0 Å². The highest BCUT2D eigenvalue weighted by atomic mass is 16.1. The van der Waals surface area contributed by atoms with Crippen LogP contribution in [0.1, 0.15) is 31.4 Å². The van der Waals surface area contributed by atoms with Gasteiger partial charge in [-0.2, -0.15) is 5.26 Å². The van der Waals surface area contributed by atoms with Crippen molar-refractivity contribution < 1.29 is 4.79 Å². The molecule has 3 aromatic rings. The van der Waals surface area contributed by atoms with E-state index in [-0.39, 0.29) is 11.3 Å². The predicted molar refractivity (Wildman–Crippen MR) is 92.5 cm³/mol. The van der Waals surface area contributed by atoms with Gasteiger partial charge in [0.1, 0.15) is 5.82 Å². The van der Waals surface area contributed by atoms with Crippen LogP contribution in [0, 0.1) is 11.3 Å². The fourth-order valence-corrected chi connectivity index (χ4v) is 3.25. The molecule has 2 N–H and O–H groups in total. The summed E-state index contributed by atoms with van der Waals surface area (Å²) in [5.41, 5.74) is 5.04. The summed E-state index contributed by atoms with van der Waals surface area (Å²) >= 11 is 0. The summed E-state index contributed by atoms with van der Waals surface area (Å²) < 4.78 is 0. The lowest BCUT2D eigenvalue weighted by Gasteiger charge is -2.31. The van der Waals surface area contributed by atoms with Crippen LogP contribution < -0.4 is 5.32 Å². The highest BCUT2D eigenvalue weighted by molar-refractivity contribution is 5.98. The molecule has 5 nitrogen and oxygen atoms in total. The Hall–Kier alpha value is -3.13. The maximum absolute atomic E-state index is 11.9. The van der Waals surface area contributed by atoms with Crippen molar-refractivity contribution in [2.24, 2.45) is 0 Å². The first-order valence-electron chi connectivity index (χ1n) is 7.81. The summed E-state index contributed by atoms with van der Waals surface area (Å²) in [6.45, 7) is 4.16. The Morgan fingerprint density at radius 3 is 2.67 bits per heavy atom. The van der Waals surface area contributed by atoms with Gasteiger partial charge in [-0.25, -0.2) is 4.98 Å². The zero-order valence-corrected chi connectivity index (χ0v) is 13.5. The average molecular weight is 316 g/mol. The first kappa shape index (κ1) is 14.5. The van der Waals surface area contributed by atoms with E-state index in [2.05, 4.69) is 41.3 Å². The van der Waals surface area contributed by atoms with Crippen molar-refractivity contribution in [1.82, 2.24) is 9.97 Å². The van der Waals surface area contributed by atoms with Gasteiger partial charge in [0.05, 0.1) is 22.7 Å². The van der Waals surface area contributed by atoms with Crippen molar-refractivity contribution in [3.05, 3.63) is 47.5 Å². The lowest BCUT2D eigenvalue weighted by Crippen LogP contribution is -2.32. The second kappa shape index (κ2) is 4.93. The minimum atomic E-state index is -0.203. The highest BCUT2D eigenvalue weighted by Crippen LogP contribution is 2.39. The van der Waals surface area contributed by atoms with Crippen LogP contribution in [0.25, 0.3) is 22.4 Å². The van der Waals surface area contributed by atoms with E-state index in [0.717, 1.165) is 33.7 Å². The molecule has 0 radical (unpaired) electrons. The highest BCUT2D eigenvalue weighted by Gasteiger charge is 2.32. The third kappa shape index (κ3) is 2.24. The molecule has 24 heavy (non-hydrogen) atoms. The molecule has 1 aliphatic heterocycles. The van der Waals surface area contributed by atoms with Gasteiger partial charge in [0.2, 0.25) is 5.91 Å². The number of carbonyl (C=O) groups is 1. The molecule has 4 rings (SSSR count). The van der Waals surface area contributed by atoms with Crippen molar-refractivity contribution in [1.29, 1.82) is 5.26 Å². The predicted octanol–water partition coefficient (Wildman–Crippen LogP) is 3.72. The zero-order chi connectivity index (χ0) is 16.9. The summed E-state index contributed by atoms with van der Waals surface area (Å²) in [4.78, 5) is 19.9. The average Bonchev–Trinajstić information content (AvgIpc) is 2.95. The van der Waals surface area contributed by atoms with Gasteiger partial charge in [0.15, 0.2) is 0 Å². The maximum Gasteiger partial charge on any atom is 0.225 e. The summed E-state index contributed by atoms with van der Waals surface area (Å²) in [5.74, 6) is 0.788. The lowest BCUT2D eigenvalue weighted by molar-refractivity contribution is -0.117. The van der Waals surface area contributed by atoms with E-state index in [1.165, 1.54) is 0 Å². The van der Waals surface area contributed by atoms with E-state index in [1.54, 1.807) is 12.1 Å². The molecule has 0 unspecified atom stereocenters. The van der Waals surface area contributed by atoms with E-state index in [4.69, 9.17) is 5.26 Å². The summed E-state index contributed by atoms with van der Waals surface area (Å²) in [6.07, 6.45) is 0.474. The van der Waals surface area contributed by atoms with Crippen LogP contribution in [-0.4, -0.2) is 15.9 Å².